The summed E-state index contributed by atoms with van der Waals surface area (Å²) in [6, 6.07) is 8.24. The highest BCUT2D eigenvalue weighted by Crippen LogP contribution is 2.24. The van der Waals surface area contributed by atoms with Gasteiger partial charge in [0.1, 0.15) is 5.69 Å². The molecule has 0 fully saturated rings. The molecule has 0 aliphatic heterocycles. The zero-order chi connectivity index (χ0) is 13.2. The van der Waals surface area contributed by atoms with Crippen LogP contribution >= 0.6 is 22.6 Å². The largest absolute Gasteiger partial charge is 0.443 e. The van der Waals surface area contributed by atoms with E-state index in [2.05, 4.69) is 65.8 Å². The molecular formula is C14H17IN2O. The van der Waals surface area contributed by atoms with Crippen LogP contribution in [0.3, 0.4) is 0 Å². The second-order valence-corrected chi connectivity index (χ2v) is 6.49. The first-order valence-electron chi connectivity index (χ1n) is 5.89. The van der Waals surface area contributed by atoms with E-state index in [0.29, 0.717) is 6.54 Å². The van der Waals surface area contributed by atoms with Gasteiger partial charge >= 0.3 is 0 Å². The van der Waals surface area contributed by atoms with Gasteiger partial charge in [-0.2, -0.15) is 0 Å². The summed E-state index contributed by atoms with van der Waals surface area (Å²) >= 11 is 2.30. The van der Waals surface area contributed by atoms with Crippen molar-refractivity contribution in [1.29, 1.82) is 0 Å². The molecule has 0 radical (unpaired) electrons. The number of hydrogen-bond acceptors (Lipinski definition) is 3. The van der Waals surface area contributed by atoms with Crippen molar-refractivity contribution >= 4 is 22.6 Å². The number of nitrogens with one attached hydrogen (secondary N) is 1. The molecule has 0 aliphatic carbocycles. The van der Waals surface area contributed by atoms with Gasteiger partial charge in [-0.3, -0.25) is 0 Å². The van der Waals surface area contributed by atoms with Crippen LogP contribution in [0.1, 0.15) is 26.5 Å². The lowest BCUT2D eigenvalue weighted by atomic mass is 10.1. The maximum absolute atomic E-state index is 5.52. The Morgan fingerprint density at radius 2 is 2.11 bits per heavy atom. The average Bonchev–Trinajstić information content (AvgIpc) is 2.73. The van der Waals surface area contributed by atoms with Gasteiger partial charge in [-0.05, 0) is 55.5 Å². The number of oxazole rings is 1. The molecule has 0 saturated carbocycles. The van der Waals surface area contributed by atoms with E-state index in [1.165, 1.54) is 9.96 Å². The van der Waals surface area contributed by atoms with Crippen LogP contribution in [0.5, 0.6) is 0 Å². The van der Waals surface area contributed by atoms with Gasteiger partial charge in [0.05, 0.1) is 0 Å². The van der Waals surface area contributed by atoms with E-state index in [0.717, 1.165) is 17.0 Å². The molecule has 0 bridgehead atoms. The average molecular weight is 356 g/mol. The molecule has 18 heavy (non-hydrogen) atoms. The lowest BCUT2D eigenvalue weighted by Crippen LogP contribution is -2.35. The Morgan fingerprint density at radius 1 is 1.33 bits per heavy atom. The highest BCUT2D eigenvalue weighted by atomic mass is 127. The third kappa shape index (κ3) is 3.55. The number of halogens is 1. The van der Waals surface area contributed by atoms with Crippen molar-refractivity contribution in [2.75, 3.05) is 0 Å². The lowest BCUT2D eigenvalue weighted by Gasteiger charge is -2.19. The minimum atomic E-state index is 0.0708. The molecule has 0 aliphatic rings. The summed E-state index contributed by atoms with van der Waals surface area (Å²) in [4.78, 5) is 4.29. The normalized spacial score (nSPS) is 11.8. The first kappa shape index (κ1) is 13.5. The third-order valence-corrected chi connectivity index (χ3v) is 3.19. The van der Waals surface area contributed by atoms with Crippen molar-refractivity contribution in [1.82, 2.24) is 10.3 Å². The molecule has 0 spiro atoms. The summed E-state index contributed by atoms with van der Waals surface area (Å²) in [5.74, 6) is 0.852. The van der Waals surface area contributed by atoms with E-state index < -0.39 is 0 Å². The Labute approximate surface area is 121 Å². The summed E-state index contributed by atoms with van der Waals surface area (Å²) in [6.07, 6.45) is 1.51. The number of nitrogens with zero attached hydrogens (tertiary/aromatic N) is 1. The maximum Gasteiger partial charge on any atom is 0.181 e. The van der Waals surface area contributed by atoms with Crippen molar-refractivity contribution in [2.24, 2.45) is 0 Å². The van der Waals surface area contributed by atoms with Gasteiger partial charge in [-0.15, -0.1) is 0 Å². The summed E-state index contributed by atoms with van der Waals surface area (Å²) in [5, 5.41) is 3.42. The molecule has 4 heteroatoms. The SMILES string of the molecule is CC(C)(C)NCc1ncoc1-c1cccc(I)c1. The fraction of sp³-hybridized carbons (Fsp3) is 0.357. The number of aromatic nitrogens is 1. The number of rotatable bonds is 3. The van der Waals surface area contributed by atoms with Gasteiger partial charge in [0.15, 0.2) is 12.2 Å². The van der Waals surface area contributed by atoms with E-state index in [1.807, 2.05) is 12.1 Å². The lowest BCUT2D eigenvalue weighted by molar-refractivity contribution is 0.421. The van der Waals surface area contributed by atoms with Gasteiger partial charge in [-0.1, -0.05) is 12.1 Å². The van der Waals surface area contributed by atoms with E-state index in [-0.39, 0.29) is 5.54 Å². The molecule has 3 nitrogen and oxygen atoms in total. The highest BCUT2D eigenvalue weighted by Gasteiger charge is 2.14. The molecule has 1 heterocycles. The van der Waals surface area contributed by atoms with E-state index in [9.17, 15) is 0 Å². The topological polar surface area (TPSA) is 38.1 Å². The van der Waals surface area contributed by atoms with Crippen LogP contribution in [0.15, 0.2) is 35.1 Å². The van der Waals surface area contributed by atoms with Gasteiger partial charge < -0.3 is 9.73 Å². The molecule has 1 aromatic carbocycles. The predicted molar refractivity (Wildman–Crippen MR) is 81.2 cm³/mol. The van der Waals surface area contributed by atoms with E-state index in [4.69, 9.17) is 4.42 Å². The summed E-state index contributed by atoms with van der Waals surface area (Å²) in [6.45, 7) is 7.12. The van der Waals surface area contributed by atoms with Gasteiger partial charge in [-0.25, -0.2) is 4.98 Å². The first-order chi connectivity index (χ1) is 8.46. The van der Waals surface area contributed by atoms with Crippen molar-refractivity contribution in [3.63, 3.8) is 0 Å². The van der Waals surface area contributed by atoms with Crippen molar-refractivity contribution in [2.45, 2.75) is 32.9 Å². The Kier molecular flexibility index (Phi) is 4.07. The Morgan fingerprint density at radius 3 is 2.78 bits per heavy atom. The van der Waals surface area contributed by atoms with Crippen LogP contribution in [-0.4, -0.2) is 10.5 Å². The molecule has 2 rings (SSSR count). The molecular weight excluding hydrogens is 339 g/mol. The molecule has 1 aromatic heterocycles. The summed E-state index contributed by atoms with van der Waals surface area (Å²) in [7, 11) is 0. The van der Waals surface area contributed by atoms with Gasteiger partial charge in [0, 0.05) is 21.2 Å². The molecule has 96 valence electrons. The monoisotopic (exact) mass is 356 g/mol. The molecule has 0 unspecified atom stereocenters. The van der Waals surface area contributed by atoms with E-state index >= 15 is 0 Å². The third-order valence-electron chi connectivity index (χ3n) is 2.51. The molecule has 0 atom stereocenters. The maximum atomic E-state index is 5.52. The zero-order valence-electron chi connectivity index (χ0n) is 10.8. The van der Waals surface area contributed by atoms with Crippen LogP contribution < -0.4 is 5.32 Å². The predicted octanol–water partition coefficient (Wildman–Crippen LogP) is 3.83. The summed E-state index contributed by atoms with van der Waals surface area (Å²) in [5.41, 5.74) is 2.10. The number of hydrogen-bond donors (Lipinski definition) is 1. The Bertz CT molecular complexity index is 529. The second kappa shape index (κ2) is 5.40. The van der Waals surface area contributed by atoms with Gasteiger partial charge in [0.25, 0.3) is 0 Å². The zero-order valence-corrected chi connectivity index (χ0v) is 13.0. The van der Waals surface area contributed by atoms with Crippen molar-refractivity contribution in [3.8, 4) is 11.3 Å². The number of benzene rings is 1. The molecule has 2 aromatic rings. The molecule has 0 saturated heterocycles. The standard InChI is InChI=1S/C14H17IN2O/c1-14(2,3)17-8-12-13(18-9-16-12)10-5-4-6-11(15)7-10/h4-7,9,17H,8H2,1-3H3. The quantitative estimate of drug-likeness (QED) is 0.850. The fourth-order valence-electron chi connectivity index (χ4n) is 1.61. The highest BCUT2D eigenvalue weighted by molar-refractivity contribution is 14.1. The Balaban J connectivity index is 2.23. The first-order valence-corrected chi connectivity index (χ1v) is 6.97. The smallest absolute Gasteiger partial charge is 0.181 e. The van der Waals surface area contributed by atoms with Crippen molar-refractivity contribution < 1.29 is 4.42 Å². The fourth-order valence-corrected chi connectivity index (χ4v) is 2.15. The minimum absolute atomic E-state index is 0.0708. The van der Waals surface area contributed by atoms with E-state index in [1.54, 1.807) is 0 Å². The molecule has 0 amide bonds. The van der Waals surface area contributed by atoms with Crippen molar-refractivity contribution in [3.05, 3.63) is 39.9 Å². The summed E-state index contributed by atoms with van der Waals surface area (Å²) < 4.78 is 6.71. The minimum Gasteiger partial charge on any atom is -0.443 e. The van der Waals surface area contributed by atoms with Gasteiger partial charge in [0.2, 0.25) is 0 Å². The van der Waals surface area contributed by atoms with Crippen LogP contribution in [0, 0.1) is 3.57 Å². The van der Waals surface area contributed by atoms with Crippen LogP contribution in [0.2, 0.25) is 0 Å². The van der Waals surface area contributed by atoms with Crippen LogP contribution in [0.4, 0.5) is 0 Å². The Hall–Kier alpha value is -0.880. The molecule has 1 N–H and O–H groups in total. The second-order valence-electron chi connectivity index (χ2n) is 5.24. The van der Waals surface area contributed by atoms with Crippen LogP contribution in [-0.2, 0) is 6.54 Å². The van der Waals surface area contributed by atoms with Crippen LogP contribution in [0.25, 0.3) is 11.3 Å².